The topological polar surface area (TPSA) is 44.8 Å². The summed E-state index contributed by atoms with van der Waals surface area (Å²) in [7, 11) is 0. The molecule has 24 heavy (non-hydrogen) atoms. The molecule has 5 nitrogen and oxygen atoms in total. The van der Waals surface area contributed by atoms with Crippen molar-refractivity contribution in [2.24, 2.45) is 5.92 Å². The van der Waals surface area contributed by atoms with Crippen molar-refractivity contribution < 1.29 is 9.53 Å². The molecule has 3 rings (SSSR count). The monoisotopic (exact) mass is 381 g/mol. The molecule has 2 unspecified atom stereocenters. The third kappa shape index (κ3) is 6.34. The molecular weight excluding hydrogens is 349 g/mol. The van der Waals surface area contributed by atoms with Gasteiger partial charge in [-0.1, -0.05) is 0 Å². The van der Waals surface area contributed by atoms with E-state index in [4.69, 9.17) is 4.74 Å². The van der Waals surface area contributed by atoms with Crippen LogP contribution in [0.25, 0.3) is 0 Å². The minimum absolute atomic E-state index is 0. The summed E-state index contributed by atoms with van der Waals surface area (Å²) in [5.41, 5.74) is 0. The summed E-state index contributed by atoms with van der Waals surface area (Å²) in [6.07, 6.45) is 6.67. The number of hydrogen-bond acceptors (Lipinski definition) is 4. The smallest absolute Gasteiger partial charge is 0.222 e. The number of hydrogen-bond donors (Lipinski definition) is 1. The Morgan fingerprint density at radius 3 is 2.58 bits per heavy atom. The van der Waals surface area contributed by atoms with E-state index in [1.807, 2.05) is 0 Å². The zero-order valence-corrected chi connectivity index (χ0v) is 16.2. The molecule has 7 heteroatoms. The molecule has 0 aromatic heterocycles. The lowest BCUT2D eigenvalue weighted by molar-refractivity contribution is -0.136. The van der Waals surface area contributed by atoms with E-state index in [0.29, 0.717) is 17.9 Å². The quantitative estimate of drug-likeness (QED) is 0.789. The minimum Gasteiger partial charge on any atom is -0.379 e. The van der Waals surface area contributed by atoms with E-state index in [2.05, 4.69) is 15.1 Å². The number of likely N-dealkylation sites (tertiary alicyclic amines) is 1. The molecule has 0 aliphatic carbocycles. The Morgan fingerprint density at radius 1 is 1.08 bits per heavy atom. The Balaban J connectivity index is 0.00000144. The van der Waals surface area contributed by atoms with Gasteiger partial charge in [-0.15, -0.1) is 24.8 Å². The van der Waals surface area contributed by atoms with Crippen LogP contribution in [0.5, 0.6) is 0 Å². The van der Waals surface area contributed by atoms with E-state index in [9.17, 15) is 4.79 Å². The van der Waals surface area contributed by atoms with Crippen LogP contribution in [0.15, 0.2) is 0 Å². The molecule has 0 bridgehead atoms. The highest BCUT2D eigenvalue weighted by molar-refractivity contribution is 5.85. The van der Waals surface area contributed by atoms with Gasteiger partial charge in [0, 0.05) is 38.6 Å². The fourth-order valence-corrected chi connectivity index (χ4v) is 4.03. The highest BCUT2D eigenvalue weighted by Gasteiger charge is 2.29. The van der Waals surface area contributed by atoms with Crippen LogP contribution in [0.3, 0.4) is 0 Å². The van der Waals surface area contributed by atoms with Gasteiger partial charge < -0.3 is 15.0 Å². The zero-order valence-electron chi connectivity index (χ0n) is 14.6. The molecule has 3 aliphatic heterocycles. The minimum atomic E-state index is 0. The van der Waals surface area contributed by atoms with Gasteiger partial charge in [-0.2, -0.15) is 0 Å². The third-order valence-electron chi connectivity index (χ3n) is 5.45. The number of piperidine rings is 1. The molecule has 0 spiro atoms. The highest BCUT2D eigenvalue weighted by Crippen LogP contribution is 2.22. The normalized spacial score (nSPS) is 28.1. The first-order chi connectivity index (χ1) is 10.8. The molecule has 3 fully saturated rings. The predicted octanol–water partition coefficient (Wildman–Crippen LogP) is 1.93. The third-order valence-corrected chi connectivity index (χ3v) is 5.45. The number of morpholine rings is 1. The van der Waals surface area contributed by atoms with Crippen molar-refractivity contribution in [3.05, 3.63) is 0 Å². The van der Waals surface area contributed by atoms with Crippen LogP contribution in [0.2, 0.25) is 0 Å². The van der Waals surface area contributed by atoms with Crippen LogP contribution < -0.4 is 5.32 Å². The van der Waals surface area contributed by atoms with Crippen molar-refractivity contribution in [2.75, 3.05) is 52.5 Å². The summed E-state index contributed by atoms with van der Waals surface area (Å²) in [6, 6.07) is 0.432. The summed E-state index contributed by atoms with van der Waals surface area (Å²) in [5.74, 6) is 1.11. The van der Waals surface area contributed by atoms with E-state index in [1.54, 1.807) is 0 Å². The highest BCUT2D eigenvalue weighted by atomic mass is 35.5. The van der Waals surface area contributed by atoms with Gasteiger partial charge in [-0.25, -0.2) is 0 Å². The fourth-order valence-electron chi connectivity index (χ4n) is 4.03. The maximum Gasteiger partial charge on any atom is 0.222 e. The van der Waals surface area contributed by atoms with Gasteiger partial charge in [-0.3, -0.25) is 9.69 Å². The van der Waals surface area contributed by atoms with Gasteiger partial charge in [-0.05, 0) is 51.1 Å². The molecule has 3 aliphatic rings. The molecule has 0 aromatic carbocycles. The van der Waals surface area contributed by atoms with Gasteiger partial charge >= 0.3 is 0 Å². The SMILES string of the molecule is Cl.Cl.O=C(CCC1CCNC1)N1CCCCC1CN1CCOCC1. The van der Waals surface area contributed by atoms with Crippen LogP contribution in [0.4, 0.5) is 0 Å². The number of nitrogens with one attached hydrogen (secondary N) is 1. The van der Waals surface area contributed by atoms with Crippen LogP contribution in [0, 0.1) is 5.92 Å². The summed E-state index contributed by atoms with van der Waals surface area (Å²) in [6.45, 7) is 7.97. The lowest BCUT2D eigenvalue weighted by atomic mass is 9.98. The van der Waals surface area contributed by atoms with E-state index in [0.717, 1.165) is 65.3 Å². The van der Waals surface area contributed by atoms with Crippen LogP contribution in [-0.2, 0) is 9.53 Å². The van der Waals surface area contributed by atoms with Crippen molar-refractivity contribution in [2.45, 2.75) is 44.6 Å². The maximum atomic E-state index is 12.7. The Morgan fingerprint density at radius 2 is 1.88 bits per heavy atom. The molecule has 0 radical (unpaired) electrons. The van der Waals surface area contributed by atoms with Gasteiger partial charge in [0.1, 0.15) is 0 Å². The van der Waals surface area contributed by atoms with Crippen molar-refractivity contribution in [3.63, 3.8) is 0 Å². The zero-order chi connectivity index (χ0) is 15.2. The second kappa shape index (κ2) is 11.5. The number of carbonyl (C=O) groups excluding carboxylic acids is 1. The Bertz CT molecular complexity index is 362. The molecule has 3 saturated heterocycles. The van der Waals surface area contributed by atoms with Gasteiger partial charge in [0.2, 0.25) is 5.91 Å². The molecule has 0 saturated carbocycles. The summed E-state index contributed by atoms with van der Waals surface area (Å²) >= 11 is 0. The number of rotatable bonds is 5. The van der Waals surface area contributed by atoms with Gasteiger partial charge in [0.05, 0.1) is 13.2 Å². The van der Waals surface area contributed by atoms with E-state index < -0.39 is 0 Å². The first kappa shape index (κ1) is 22.0. The summed E-state index contributed by atoms with van der Waals surface area (Å²) in [4.78, 5) is 17.3. The van der Waals surface area contributed by atoms with Crippen LogP contribution in [-0.4, -0.2) is 74.2 Å². The van der Waals surface area contributed by atoms with Crippen molar-refractivity contribution in [1.29, 1.82) is 0 Å². The second-order valence-electron chi connectivity index (χ2n) is 7.05. The molecule has 1 amide bonds. The van der Waals surface area contributed by atoms with Gasteiger partial charge in [0.15, 0.2) is 0 Å². The van der Waals surface area contributed by atoms with Crippen LogP contribution >= 0.6 is 24.8 Å². The lowest BCUT2D eigenvalue weighted by Gasteiger charge is -2.40. The number of carbonyl (C=O) groups is 1. The second-order valence-corrected chi connectivity index (χ2v) is 7.05. The Labute approximate surface area is 158 Å². The average molecular weight is 382 g/mol. The maximum absolute atomic E-state index is 12.7. The molecule has 142 valence electrons. The van der Waals surface area contributed by atoms with Crippen molar-refractivity contribution in [1.82, 2.24) is 15.1 Å². The lowest BCUT2D eigenvalue weighted by Crippen LogP contribution is -2.51. The van der Waals surface area contributed by atoms with E-state index in [1.165, 1.54) is 25.7 Å². The predicted molar refractivity (Wildman–Crippen MR) is 101 cm³/mol. The average Bonchev–Trinajstić information content (AvgIpc) is 3.08. The Kier molecular flexibility index (Phi) is 10.6. The summed E-state index contributed by atoms with van der Waals surface area (Å²) < 4.78 is 5.43. The summed E-state index contributed by atoms with van der Waals surface area (Å²) in [5, 5.41) is 3.40. The van der Waals surface area contributed by atoms with Gasteiger partial charge in [0.25, 0.3) is 0 Å². The van der Waals surface area contributed by atoms with Crippen molar-refractivity contribution in [3.8, 4) is 0 Å². The van der Waals surface area contributed by atoms with E-state index >= 15 is 0 Å². The first-order valence-electron chi connectivity index (χ1n) is 9.13. The Hall–Kier alpha value is -0.0700. The van der Waals surface area contributed by atoms with Crippen molar-refractivity contribution >= 4 is 30.7 Å². The number of nitrogens with zero attached hydrogens (tertiary/aromatic N) is 2. The first-order valence-corrected chi connectivity index (χ1v) is 9.13. The van der Waals surface area contributed by atoms with Crippen LogP contribution in [0.1, 0.15) is 38.5 Å². The molecule has 1 N–H and O–H groups in total. The molecular formula is C17H33Cl2N3O2. The number of ether oxygens (including phenoxy) is 1. The van der Waals surface area contributed by atoms with E-state index in [-0.39, 0.29) is 24.8 Å². The number of halogens is 2. The molecule has 3 heterocycles. The largest absolute Gasteiger partial charge is 0.379 e. The molecule has 0 aromatic rings. The molecule has 2 atom stereocenters. The standard InChI is InChI=1S/C17H31N3O2.2ClH/c21-17(5-4-15-6-7-18-13-15)20-8-2-1-3-16(20)14-19-9-11-22-12-10-19;;/h15-16,18H,1-14H2;2*1H. The fraction of sp³-hybridized carbons (Fsp3) is 0.941. The number of amides is 1.